The van der Waals surface area contributed by atoms with Gasteiger partial charge in [-0.3, -0.25) is 4.90 Å². The Morgan fingerprint density at radius 2 is 1.81 bits per heavy atom. The molecule has 0 saturated carbocycles. The van der Waals surface area contributed by atoms with Gasteiger partial charge in [0.25, 0.3) is 0 Å². The van der Waals surface area contributed by atoms with Crippen molar-refractivity contribution in [2.75, 3.05) is 19.7 Å². The second kappa shape index (κ2) is 7.28. The van der Waals surface area contributed by atoms with E-state index in [0.717, 1.165) is 43.9 Å². The van der Waals surface area contributed by atoms with Crippen LogP contribution < -0.4 is 4.74 Å². The lowest BCUT2D eigenvalue weighted by Gasteiger charge is -2.42. The molecule has 1 aromatic carbocycles. The van der Waals surface area contributed by atoms with Gasteiger partial charge in [0, 0.05) is 5.54 Å². The van der Waals surface area contributed by atoms with Crippen LogP contribution in [-0.2, 0) is 0 Å². The zero-order valence-electron chi connectivity index (χ0n) is 13.6. The molecule has 3 nitrogen and oxygen atoms in total. The van der Waals surface area contributed by atoms with Crippen LogP contribution in [0.1, 0.15) is 58.1 Å². The molecule has 1 saturated heterocycles. The van der Waals surface area contributed by atoms with Gasteiger partial charge in [-0.15, -0.1) is 0 Å². The minimum Gasteiger partial charge on any atom is -0.494 e. The largest absolute Gasteiger partial charge is 0.494 e. The third-order valence-electron chi connectivity index (χ3n) is 4.80. The zero-order valence-corrected chi connectivity index (χ0v) is 13.6. The van der Waals surface area contributed by atoms with E-state index in [1.165, 1.54) is 12.8 Å². The monoisotopic (exact) mass is 291 g/mol. The molecule has 2 atom stereocenters. The van der Waals surface area contributed by atoms with Crippen LogP contribution >= 0.6 is 0 Å². The van der Waals surface area contributed by atoms with E-state index in [1.54, 1.807) is 0 Å². The van der Waals surface area contributed by atoms with Crippen molar-refractivity contribution in [1.82, 2.24) is 4.90 Å². The Hall–Kier alpha value is -1.06. The smallest absolute Gasteiger partial charge is 0.119 e. The van der Waals surface area contributed by atoms with E-state index >= 15 is 0 Å². The van der Waals surface area contributed by atoms with Gasteiger partial charge >= 0.3 is 0 Å². The van der Waals surface area contributed by atoms with Gasteiger partial charge in [-0.1, -0.05) is 26.0 Å². The fourth-order valence-electron chi connectivity index (χ4n) is 3.14. The molecule has 1 N–H and O–H groups in total. The summed E-state index contributed by atoms with van der Waals surface area (Å²) in [5.74, 6) is 0.882. The van der Waals surface area contributed by atoms with Crippen LogP contribution in [0.15, 0.2) is 24.3 Å². The SMILES string of the molecule is CCCOc1ccc(C(O)C(C)(CC)N2CCCC2)cc1. The quantitative estimate of drug-likeness (QED) is 0.830. The van der Waals surface area contributed by atoms with Crippen LogP contribution in [0.2, 0.25) is 0 Å². The Bertz CT molecular complexity index is 425. The first-order valence-corrected chi connectivity index (χ1v) is 8.27. The molecule has 1 aliphatic rings. The predicted octanol–water partition coefficient (Wildman–Crippen LogP) is 3.77. The second-order valence-electron chi connectivity index (χ2n) is 6.22. The van der Waals surface area contributed by atoms with Crippen LogP contribution in [0.25, 0.3) is 0 Å². The van der Waals surface area contributed by atoms with E-state index < -0.39 is 6.10 Å². The molecule has 21 heavy (non-hydrogen) atoms. The van der Waals surface area contributed by atoms with Crippen molar-refractivity contribution in [1.29, 1.82) is 0 Å². The maximum atomic E-state index is 10.9. The summed E-state index contributed by atoms with van der Waals surface area (Å²) < 4.78 is 5.61. The highest BCUT2D eigenvalue weighted by molar-refractivity contribution is 5.30. The average Bonchev–Trinajstić information content (AvgIpc) is 3.07. The summed E-state index contributed by atoms with van der Waals surface area (Å²) in [4.78, 5) is 2.44. The van der Waals surface area contributed by atoms with Gasteiger partial charge in [0.15, 0.2) is 0 Å². The summed E-state index contributed by atoms with van der Waals surface area (Å²) in [5, 5.41) is 10.9. The number of hydrogen-bond acceptors (Lipinski definition) is 3. The van der Waals surface area contributed by atoms with Crippen molar-refractivity contribution >= 4 is 0 Å². The number of rotatable bonds is 7. The number of nitrogens with zero attached hydrogens (tertiary/aromatic N) is 1. The summed E-state index contributed by atoms with van der Waals surface area (Å²) in [6, 6.07) is 7.93. The molecule has 0 bridgehead atoms. The molecule has 0 radical (unpaired) electrons. The minimum atomic E-state index is -0.458. The Balaban J connectivity index is 2.11. The maximum absolute atomic E-state index is 10.9. The Labute approximate surface area is 128 Å². The number of ether oxygens (including phenoxy) is 1. The number of likely N-dealkylation sites (tertiary alicyclic amines) is 1. The van der Waals surface area contributed by atoms with Gasteiger partial charge < -0.3 is 9.84 Å². The standard InChI is InChI=1S/C18H29NO2/c1-4-14-21-16-10-8-15(9-11-16)17(20)18(3,5-2)19-12-6-7-13-19/h8-11,17,20H,4-7,12-14H2,1-3H3. The minimum absolute atomic E-state index is 0.178. The zero-order chi connectivity index (χ0) is 15.3. The van der Waals surface area contributed by atoms with Crippen LogP contribution in [-0.4, -0.2) is 35.2 Å². The summed E-state index contributed by atoms with van der Waals surface area (Å²) in [6.45, 7) is 9.38. The summed E-state index contributed by atoms with van der Waals surface area (Å²) in [6.07, 6.45) is 3.98. The average molecular weight is 291 g/mol. The lowest BCUT2D eigenvalue weighted by molar-refractivity contribution is -0.0140. The molecule has 0 aliphatic carbocycles. The Morgan fingerprint density at radius 1 is 1.19 bits per heavy atom. The van der Waals surface area contributed by atoms with Crippen molar-refractivity contribution in [3.8, 4) is 5.75 Å². The molecule has 1 heterocycles. The molecule has 3 heteroatoms. The molecular formula is C18H29NO2. The van der Waals surface area contributed by atoms with Gasteiger partial charge in [-0.05, 0) is 63.4 Å². The highest BCUT2D eigenvalue weighted by Crippen LogP contribution is 2.36. The van der Waals surface area contributed by atoms with Gasteiger partial charge in [-0.2, -0.15) is 0 Å². The topological polar surface area (TPSA) is 32.7 Å². The molecule has 2 unspecified atom stereocenters. The maximum Gasteiger partial charge on any atom is 0.119 e. The predicted molar refractivity (Wildman–Crippen MR) is 86.7 cm³/mol. The Morgan fingerprint density at radius 3 is 2.33 bits per heavy atom. The number of aliphatic hydroxyl groups is 1. The highest BCUT2D eigenvalue weighted by Gasteiger charge is 2.39. The number of aliphatic hydroxyl groups excluding tert-OH is 1. The normalized spacial score (nSPS) is 20.2. The third kappa shape index (κ3) is 3.58. The van der Waals surface area contributed by atoms with Crippen molar-refractivity contribution < 1.29 is 9.84 Å². The number of hydrogen-bond donors (Lipinski definition) is 1. The van der Waals surface area contributed by atoms with E-state index in [4.69, 9.17) is 4.74 Å². The van der Waals surface area contributed by atoms with E-state index in [2.05, 4.69) is 25.7 Å². The summed E-state index contributed by atoms with van der Waals surface area (Å²) in [7, 11) is 0. The van der Waals surface area contributed by atoms with Gasteiger partial charge in [-0.25, -0.2) is 0 Å². The lowest BCUT2D eigenvalue weighted by Crippen LogP contribution is -2.48. The lowest BCUT2D eigenvalue weighted by atomic mass is 9.85. The molecule has 0 aromatic heterocycles. The van der Waals surface area contributed by atoms with E-state index in [9.17, 15) is 5.11 Å². The van der Waals surface area contributed by atoms with Crippen molar-refractivity contribution in [2.24, 2.45) is 0 Å². The molecule has 0 amide bonds. The van der Waals surface area contributed by atoms with Gasteiger partial charge in [0.2, 0.25) is 0 Å². The third-order valence-corrected chi connectivity index (χ3v) is 4.80. The van der Waals surface area contributed by atoms with Crippen LogP contribution in [0.3, 0.4) is 0 Å². The van der Waals surface area contributed by atoms with Crippen molar-refractivity contribution in [3.63, 3.8) is 0 Å². The molecular weight excluding hydrogens is 262 g/mol. The first-order chi connectivity index (χ1) is 10.1. The molecule has 2 rings (SSSR count). The number of benzene rings is 1. The molecule has 1 aliphatic heterocycles. The second-order valence-corrected chi connectivity index (χ2v) is 6.22. The fraction of sp³-hybridized carbons (Fsp3) is 0.667. The molecule has 118 valence electrons. The fourth-order valence-corrected chi connectivity index (χ4v) is 3.14. The van der Waals surface area contributed by atoms with E-state index in [-0.39, 0.29) is 5.54 Å². The van der Waals surface area contributed by atoms with Crippen LogP contribution in [0, 0.1) is 0 Å². The van der Waals surface area contributed by atoms with Crippen molar-refractivity contribution in [3.05, 3.63) is 29.8 Å². The Kier molecular flexibility index (Phi) is 5.65. The van der Waals surface area contributed by atoms with Gasteiger partial charge in [0.05, 0.1) is 12.7 Å². The summed E-state index contributed by atoms with van der Waals surface area (Å²) >= 11 is 0. The molecule has 1 aromatic rings. The molecule has 0 spiro atoms. The van der Waals surface area contributed by atoms with Crippen molar-refractivity contribution in [2.45, 2.75) is 58.1 Å². The first kappa shape index (κ1) is 16.3. The first-order valence-electron chi connectivity index (χ1n) is 8.27. The van der Waals surface area contributed by atoms with E-state index in [1.807, 2.05) is 24.3 Å². The van der Waals surface area contributed by atoms with Crippen LogP contribution in [0.4, 0.5) is 0 Å². The molecule has 1 fully saturated rings. The van der Waals surface area contributed by atoms with Gasteiger partial charge in [0.1, 0.15) is 5.75 Å². The highest BCUT2D eigenvalue weighted by atomic mass is 16.5. The van der Waals surface area contributed by atoms with Crippen LogP contribution in [0.5, 0.6) is 5.75 Å². The van der Waals surface area contributed by atoms with E-state index in [0.29, 0.717) is 0 Å². The summed E-state index contributed by atoms with van der Waals surface area (Å²) in [5.41, 5.74) is 0.803.